The van der Waals surface area contributed by atoms with Crippen molar-refractivity contribution in [1.82, 2.24) is 5.32 Å². The van der Waals surface area contributed by atoms with Crippen LogP contribution in [0, 0.1) is 0 Å². The second-order valence-electron chi connectivity index (χ2n) is 28.1. The summed E-state index contributed by atoms with van der Waals surface area (Å²) in [4.78, 5) is 24.7. The van der Waals surface area contributed by atoms with Crippen molar-refractivity contribution in [2.24, 2.45) is 0 Å². The molecule has 6 heteroatoms. The van der Waals surface area contributed by atoms with Gasteiger partial charge in [-0.05, 0) is 51.4 Å². The van der Waals surface area contributed by atoms with Crippen molar-refractivity contribution in [2.75, 3.05) is 13.2 Å². The Labute approximate surface area is 546 Å². The van der Waals surface area contributed by atoms with Crippen LogP contribution in [0.3, 0.4) is 0 Å². The highest BCUT2D eigenvalue weighted by atomic mass is 16.5. The van der Waals surface area contributed by atoms with Crippen molar-refractivity contribution >= 4 is 11.9 Å². The number of aliphatic hydroxyl groups excluding tert-OH is 2. The highest BCUT2D eigenvalue weighted by Gasteiger charge is 2.20. The van der Waals surface area contributed by atoms with E-state index in [4.69, 9.17) is 4.74 Å². The maximum Gasteiger partial charge on any atom is 0.305 e. The van der Waals surface area contributed by atoms with Gasteiger partial charge in [-0.2, -0.15) is 0 Å². The summed E-state index contributed by atoms with van der Waals surface area (Å²) in [5.74, 6) is -0.00646. The monoisotopic (exact) mass is 1230 g/mol. The van der Waals surface area contributed by atoms with Gasteiger partial charge in [0.1, 0.15) is 0 Å². The van der Waals surface area contributed by atoms with Crippen LogP contribution in [0.25, 0.3) is 0 Å². The first-order valence-corrected chi connectivity index (χ1v) is 40.4. The van der Waals surface area contributed by atoms with E-state index in [1.165, 1.54) is 392 Å². The minimum Gasteiger partial charge on any atom is -0.466 e. The molecule has 518 valence electrons. The summed E-state index contributed by atoms with van der Waals surface area (Å²) in [6, 6.07) is -0.539. The van der Waals surface area contributed by atoms with E-state index in [9.17, 15) is 19.8 Å². The Morgan fingerprint density at radius 1 is 0.310 bits per heavy atom. The third-order valence-corrected chi connectivity index (χ3v) is 19.3. The number of hydrogen-bond donors (Lipinski definition) is 3. The molecule has 0 rings (SSSR count). The van der Waals surface area contributed by atoms with Crippen molar-refractivity contribution < 1.29 is 24.5 Å². The number of allylic oxidation sites excluding steroid dienone is 2. The highest BCUT2D eigenvalue weighted by molar-refractivity contribution is 5.76. The number of esters is 1. The number of ether oxygens (including phenoxy) is 1. The van der Waals surface area contributed by atoms with Gasteiger partial charge in [0.25, 0.3) is 0 Å². The summed E-state index contributed by atoms with van der Waals surface area (Å²) < 4.78 is 5.51. The molecular weight excluding hydrogens is 1070 g/mol. The van der Waals surface area contributed by atoms with E-state index in [0.717, 1.165) is 44.9 Å². The Morgan fingerprint density at radius 2 is 0.540 bits per heavy atom. The number of aliphatic hydroxyl groups is 2. The Morgan fingerprint density at radius 3 is 0.816 bits per heavy atom. The molecule has 0 radical (unpaired) electrons. The van der Waals surface area contributed by atoms with Crippen LogP contribution in [0.4, 0.5) is 0 Å². The summed E-state index contributed by atoms with van der Waals surface area (Å²) in [5.41, 5.74) is 0. The van der Waals surface area contributed by atoms with Gasteiger partial charge in [-0.1, -0.05) is 418 Å². The Balaban J connectivity index is 3.32. The number of amides is 1. The van der Waals surface area contributed by atoms with Crippen LogP contribution in [0.2, 0.25) is 0 Å². The van der Waals surface area contributed by atoms with Crippen LogP contribution in [0.1, 0.15) is 470 Å². The van der Waals surface area contributed by atoms with Gasteiger partial charge >= 0.3 is 5.97 Å². The van der Waals surface area contributed by atoms with E-state index in [2.05, 4.69) is 31.3 Å². The summed E-state index contributed by atoms with van der Waals surface area (Å²) in [7, 11) is 0. The fourth-order valence-electron chi connectivity index (χ4n) is 13.2. The Kier molecular flexibility index (Phi) is 75.8. The first-order chi connectivity index (χ1) is 43.0. The molecule has 0 fully saturated rings. The highest BCUT2D eigenvalue weighted by Crippen LogP contribution is 2.20. The molecule has 0 heterocycles. The number of carbonyl (C=O) groups excluding carboxylic acids is 2. The van der Waals surface area contributed by atoms with Gasteiger partial charge < -0.3 is 20.3 Å². The molecule has 0 saturated heterocycles. The average Bonchev–Trinajstić information content (AvgIpc) is 3.52. The normalized spacial score (nSPS) is 12.5. The smallest absolute Gasteiger partial charge is 0.305 e. The number of carbonyl (C=O) groups is 2. The number of nitrogens with one attached hydrogen (secondary N) is 1. The first kappa shape index (κ1) is 85.6. The lowest BCUT2D eigenvalue weighted by Gasteiger charge is -2.22. The van der Waals surface area contributed by atoms with Crippen LogP contribution in [0.15, 0.2) is 12.2 Å². The standard InChI is InChI=1S/C81H159NO5/c1-3-5-7-9-11-13-15-17-19-21-23-24-35-38-41-45-49-53-57-61-65-69-73-79(84)78(77-83)82-80(85)74-70-66-62-58-54-50-46-42-39-36-33-31-29-27-25-26-28-30-32-34-37-40-44-48-52-56-60-64-68-72-76-87-81(86)75-71-67-63-59-55-51-47-43-22-20-18-16-14-12-10-8-6-4-2/h20,22,78-79,83-84H,3-19,21,23-77H2,1-2H3,(H,82,85)/b22-20-. The second kappa shape index (κ2) is 77.1. The van der Waals surface area contributed by atoms with E-state index in [1.807, 2.05) is 0 Å². The molecule has 0 aliphatic rings. The van der Waals surface area contributed by atoms with Crippen LogP contribution < -0.4 is 5.32 Å². The molecule has 0 aromatic carbocycles. The first-order valence-electron chi connectivity index (χ1n) is 40.4. The zero-order valence-electron chi connectivity index (χ0n) is 59.5. The number of rotatable bonds is 77. The minimum absolute atomic E-state index is 0.0187. The van der Waals surface area contributed by atoms with E-state index < -0.39 is 12.1 Å². The van der Waals surface area contributed by atoms with E-state index in [1.54, 1.807) is 0 Å². The molecule has 0 saturated carbocycles. The molecule has 87 heavy (non-hydrogen) atoms. The van der Waals surface area contributed by atoms with Crippen molar-refractivity contribution in [3.63, 3.8) is 0 Å². The molecule has 0 bridgehead atoms. The molecule has 1 amide bonds. The topological polar surface area (TPSA) is 95.9 Å². The predicted molar refractivity (Wildman–Crippen MR) is 384 cm³/mol. The molecule has 0 aliphatic heterocycles. The zero-order valence-corrected chi connectivity index (χ0v) is 59.5. The lowest BCUT2D eigenvalue weighted by atomic mass is 10.0. The second-order valence-corrected chi connectivity index (χ2v) is 28.1. The molecule has 6 nitrogen and oxygen atoms in total. The molecule has 2 unspecified atom stereocenters. The van der Waals surface area contributed by atoms with Gasteiger partial charge in [-0.25, -0.2) is 0 Å². The third kappa shape index (κ3) is 73.5. The Bertz CT molecular complexity index is 1320. The van der Waals surface area contributed by atoms with Crippen LogP contribution in [0.5, 0.6) is 0 Å². The lowest BCUT2D eigenvalue weighted by molar-refractivity contribution is -0.143. The maximum atomic E-state index is 12.6. The third-order valence-electron chi connectivity index (χ3n) is 19.3. The van der Waals surface area contributed by atoms with Gasteiger partial charge in [0, 0.05) is 12.8 Å². The Hall–Kier alpha value is -1.40. The molecule has 0 spiro atoms. The van der Waals surface area contributed by atoms with E-state index in [0.29, 0.717) is 25.9 Å². The lowest BCUT2D eigenvalue weighted by Crippen LogP contribution is -2.45. The molecule has 0 aliphatic carbocycles. The van der Waals surface area contributed by atoms with Crippen LogP contribution in [-0.2, 0) is 14.3 Å². The summed E-state index contributed by atoms with van der Waals surface area (Å²) in [5, 5.41) is 23.5. The number of unbranched alkanes of at least 4 members (excludes halogenated alkanes) is 64. The fraction of sp³-hybridized carbons (Fsp3) is 0.951. The summed E-state index contributed by atoms with van der Waals surface area (Å²) in [6.07, 6.45) is 97.4. The average molecular weight is 1230 g/mol. The van der Waals surface area contributed by atoms with Gasteiger partial charge in [0.2, 0.25) is 5.91 Å². The van der Waals surface area contributed by atoms with Crippen molar-refractivity contribution in [3.05, 3.63) is 12.2 Å². The van der Waals surface area contributed by atoms with Gasteiger partial charge in [-0.3, -0.25) is 9.59 Å². The van der Waals surface area contributed by atoms with Gasteiger partial charge in [-0.15, -0.1) is 0 Å². The predicted octanol–water partition coefficient (Wildman–Crippen LogP) is 26.7. The zero-order chi connectivity index (χ0) is 62.8. The molecule has 2 atom stereocenters. The van der Waals surface area contributed by atoms with E-state index >= 15 is 0 Å². The van der Waals surface area contributed by atoms with Crippen LogP contribution >= 0.6 is 0 Å². The van der Waals surface area contributed by atoms with E-state index in [-0.39, 0.29) is 18.5 Å². The fourth-order valence-corrected chi connectivity index (χ4v) is 13.2. The largest absolute Gasteiger partial charge is 0.466 e. The SMILES string of the molecule is CCCCCCCCC/C=C\CCCCCCCCCC(=O)OCCCCCCCCCCCCCCCCCCCCCCCCCCCCCCCCC(=O)NC(CO)C(O)CCCCCCCCCCCCCCCCCCCCCCCC. The van der Waals surface area contributed by atoms with Gasteiger partial charge in [0.15, 0.2) is 0 Å². The quantitative estimate of drug-likeness (QED) is 0.0320. The molecule has 0 aromatic heterocycles. The molecular formula is C81H159NO5. The summed E-state index contributed by atoms with van der Waals surface area (Å²) in [6.45, 7) is 5.01. The summed E-state index contributed by atoms with van der Waals surface area (Å²) >= 11 is 0. The van der Waals surface area contributed by atoms with Crippen molar-refractivity contribution in [1.29, 1.82) is 0 Å². The van der Waals surface area contributed by atoms with Crippen molar-refractivity contribution in [2.45, 2.75) is 482 Å². The van der Waals surface area contributed by atoms with Gasteiger partial charge in [0.05, 0.1) is 25.4 Å². The minimum atomic E-state index is -0.662. The van der Waals surface area contributed by atoms with Crippen LogP contribution in [-0.4, -0.2) is 47.4 Å². The molecule has 3 N–H and O–H groups in total. The molecule has 0 aromatic rings. The number of hydrogen-bond acceptors (Lipinski definition) is 5. The van der Waals surface area contributed by atoms with Crippen molar-refractivity contribution in [3.8, 4) is 0 Å². The maximum absolute atomic E-state index is 12.6.